The first-order valence-electron chi connectivity index (χ1n) is 6.20. The van der Waals surface area contributed by atoms with Gasteiger partial charge in [-0.15, -0.1) is 0 Å². The quantitative estimate of drug-likeness (QED) is 0.349. The number of hydrogen-bond acceptors (Lipinski definition) is 3. The average Bonchev–Trinajstić information content (AvgIpc) is 2.25. The zero-order chi connectivity index (χ0) is 14.2. The van der Waals surface area contributed by atoms with Crippen molar-refractivity contribution in [2.75, 3.05) is 33.7 Å². The zero-order valence-corrected chi connectivity index (χ0v) is 11.6. The molecule has 0 aliphatic rings. The fraction of sp³-hybridized carbons (Fsp3) is 0.692. The highest BCUT2D eigenvalue weighted by molar-refractivity contribution is 5.91. The number of aliphatic carboxylic acids is 1. The van der Waals surface area contributed by atoms with E-state index >= 15 is 0 Å². The lowest BCUT2D eigenvalue weighted by Gasteiger charge is -2.30. The summed E-state index contributed by atoms with van der Waals surface area (Å²) in [7, 11) is 3.99. The van der Waals surface area contributed by atoms with Gasteiger partial charge < -0.3 is 19.7 Å². The second kappa shape index (κ2) is 7.87. The predicted molar refractivity (Wildman–Crippen MR) is 68.5 cm³/mol. The fourth-order valence-electron chi connectivity index (χ4n) is 1.52. The van der Waals surface area contributed by atoms with Crippen LogP contribution in [0.3, 0.4) is 0 Å². The number of rotatable bonds is 9. The molecule has 5 heteroatoms. The minimum Gasteiger partial charge on any atom is -0.550 e. The molecule has 0 unspecified atom stereocenters. The van der Waals surface area contributed by atoms with Crippen LogP contribution in [0, 0.1) is 0 Å². The molecule has 0 atom stereocenters. The lowest BCUT2D eigenvalue weighted by atomic mass is 10.2. The van der Waals surface area contributed by atoms with Crippen LogP contribution < -0.4 is 10.4 Å². The van der Waals surface area contributed by atoms with Crippen LogP contribution in [0.2, 0.25) is 0 Å². The second-order valence-electron chi connectivity index (χ2n) is 5.25. The smallest absolute Gasteiger partial charge is 0.246 e. The Hall–Kier alpha value is -1.36. The van der Waals surface area contributed by atoms with Gasteiger partial charge in [0, 0.05) is 24.5 Å². The zero-order valence-electron chi connectivity index (χ0n) is 11.6. The first-order chi connectivity index (χ1) is 8.24. The van der Waals surface area contributed by atoms with Gasteiger partial charge in [-0.3, -0.25) is 4.79 Å². The van der Waals surface area contributed by atoms with Gasteiger partial charge >= 0.3 is 0 Å². The number of carboxylic acids is 1. The number of carboxylic acid groups (broad SMARTS) is 1. The summed E-state index contributed by atoms with van der Waals surface area (Å²) in [4.78, 5) is 21.6. The molecule has 0 aromatic carbocycles. The highest BCUT2D eigenvalue weighted by Gasteiger charge is 2.13. The van der Waals surface area contributed by atoms with Crippen molar-refractivity contribution in [2.24, 2.45) is 0 Å². The molecule has 1 amide bonds. The number of hydrogen-bond donors (Lipinski definition) is 1. The van der Waals surface area contributed by atoms with E-state index in [-0.39, 0.29) is 12.3 Å². The molecule has 0 aliphatic carbocycles. The van der Waals surface area contributed by atoms with Gasteiger partial charge in [0.25, 0.3) is 0 Å². The van der Waals surface area contributed by atoms with Crippen molar-refractivity contribution in [2.45, 2.75) is 26.2 Å². The van der Waals surface area contributed by atoms with Gasteiger partial charge in [-0.05, 0) is 19.8 Å². The third kappa shape index (κ3) is 8.75. The molecule has 5 nitrogen and oxygen atoms in total. The Morgan fingerprint density at radius 1 is 1.22 bits per heavy atom. The van der Waals surface area contributed by atoms with Crippen LogP contribution in [-0.4, -0.2) is 50.1 Å². The van der Waals surface area contributed by atoms with Crippen molar-refractivity contribution in [3.05, 3.63) is 12.2 Å². The molecule has 0 radical (unpaired) electrons. The van der Waals surface area contributed by atoms with Gasteiger partial charge in [0.05, 0.1) is 27.2 Å². The molecule has 0 spiro atoms. The van der Waals surface area contributed by atoms with Gasteiger partial charge in [-0.1, -0.05) is 6.58 Å². The van der Waals surface area contributed by atoms with E-state index in [0.717, 1.165) is 19.4 Å². The number of amides is 1. The number of unbranched alkanes of at least 4 members (excludes halogenated alkanes) is 1. The van der Waals surface area contributed by atoms with Crippen LogP contribution in [0.4, 0.5) is 0 Å². The van der Waals surface area contributed by atoms with Crippen molar-refractivity contribution in [1.29, 1.82) is 0 Å². The summed E-state index contributed by atoms with van der Waals surface area (Å²) in [5.41, 5.74) is 0.514. The molecular formula is C13H24N2O3. The Morgan fingerprint density at radius 3 is 2.33 bits per heavy atom. The van der Waals surface area contributed by atoms with E-state index in [1.807, 2.05) is 14.1 Å². The lowest BCUT2D eigenvalue weighted by molar-refractivity contribution is -0.890. The Balaban J connectivity index is 3.67. The summed E-state index contributed by atoms with van der Waals surface area (Å²) in [6.45, 7) is 7.32. The van der Waals surface area contributed by atoms with Crippen LogP contribution in [0.1, 0.15) is 26.2 Å². The minimum absolute atomic E-state index is 0.0827. The second-order valence-corrected chi connectivity index (χ2v) is 5.25. The minimum atomic E-state index is -1.00. The van der Waals surface area contributed by atoms with Gasteiger partial charge in [0.2, 0.25) is 5.91 Å². The Kier molecular flexibility index (Phi) is 7.27. The van der Waals surface area contributed by atoms with Crippen LogP contribution >= 0.6 is 0 Å². The summed E-state index contributed by atoms with van der Waals surface area (Å²) < 4.78 is 0.655. The summed E-state index contributed by atoms with van der Waals surface area (Å²) in [5.74, 6) is -1.12. The number of nitrogens with one attached hydrogen (secondary N) is 1. The van der Waals surface area contributed by atoms with Crippen LogP contribution in [-0.2, 0) is 9.59 Å². The maximum absolute atomic E-state index is 11.2. The number of carbonyl (C=O) groups excluding carboxylic acids is 2. The van der Waals surface area contributed by atoms with E-state index in [1.54, 1.807) is 6.92 Å². The van der Waals surface area contributed by atoms with Crippen LogP contribution in [0.15, 0.2) is 12.2 Å². The molecule has 0 fully saturated rings. The number of quaternary nitrogens is 1. The average molecular weight is 256 g/mol. The monoisotopic (exact) mass is 256 g/mol. The third-order valence-electron chi connectivity index (χ3n) is 2.78. The Bertz CT molecular complexity index is 311. The lowest BCUT2D eigenvalue weighted by Crippen LogP contribution is -2.43. The van der Waals surface area contributed by atoms with E-state index in [9.17, 15) is 14.7 Å². The van der Waals surface area contributed by atoms with Crippen LogP contribution in [0.25, 0.3) is 0 Å². The fourth-order valence-corrected chi connectivity index (χ4v) is 1.52. The third-order valence-corrected chi connectivity index (χ3v) is 2.78. The molecule has 18 heavy (non-hydrogen) atoms. The van der Waals surface area contributed by atoms with Crippen molar-refractivity contribution < 1.29 is 19.2 Å². The van der Waals surface area contributed by atoms with E-state index in [2.05, 4.69) is 11.9 Å². The summed E-state index contributed by atoms with van der Waals surface area (Å²) in [5, 5.41) is 13.2. The molecule has 0 rings (SSSR count). The predicted octanol–water partition coefficient (Wildman–Crippen LogP) is -0.325. The van der Waals surface area contributed by atoms with Crippen molar-refractivity contribution in [3.63, 3.8) is 0 Å². The van der Waals surface area contributed by atoms with Crippen molar-refractivity contribution in [3.8, 4) is 0 Å². The van der Waals surface area contributed by atoms with E-state index < -0.39 is 5.97 Å². The number of carbonyl (C=O) groups is 2. The molecule has 0 aromatic heterocycles. The molecule has 0 saturated carbocycles. The van der Waals surface area contributed by atoms with E-state index in [0.29, 0.717) is 23.1 Å². The van der Waals surface area contributed by atoms with Gasteiger partial charge in [-0.25, -0.2) is 0 Å². The highest BCUT2D eigenvalue weighted by atomic mass is 16.4. The maximum Gasteiger partial charge on any atom is 0.246 e. The number of nitrogens with zero attached hydrogens (tertiary/aromatic N) is 1. The molecule has 0 aliphatic heterocycles. The summed E-state index contributed by atoms with van der Waals surface area (Å²) in [6, 6.07) is 0. The Labute approximate surface area is 109 Å². The largest absolute Gasteiger partial charge is 0.550 e. The molecule has 0 bridgehead atoms. The summed E-state index contributed by atoms with van der Waals surface area (Å²) >= 11 is 0. The first-order valence-corrected chi connectivity index (χ1v) is 6.20. The molecule has 0 saturated heterocycles. The van der Waals surface area contributed by atoms with Gasteiger partial charge in [0.1, 0.15) is 0 Å². The standard InChI is InChI=1S/C13H24N2O3/c1-11(2)13(18)14-8-5-6-9-15(3,4)10-7-12(16)17/h1,5-10H2,2-4H3,(H-,14,16,17,18). The first kappa shape index (κ1) is 16.6. The molecule has 0 aromatic rings. The molecule has 1 N–H and O–H groups in total. The molecular weight excluding hydrogens is 232 g/mol. The van der Waals surface area contributed by atoms with E-state index in [4.69, 9.17) is 0 Å². The van der Waals surface area contributed by atoms with Gasteiger partial charge in [0.15, 0.2) is 0 Å². The molecule has 0 heterocycles. The van der Waals surface area contributed by atoms with Crippen LogP contribution in [0.5, 0.6) is 0 Å². The van der Waals surface area contributed by atoms with Crippen molar-refractivity contribution >= 4 is 11.9 Å². The Morgan fingerprint density at radius 2 is 1.83 bits per heavy atom. The van der Waals surface area contributed by atoms with Gasteiger partial charge in [-0.2, -0.15) is 0 Å². The SMILES string of the molecule is C=C(C)C(=O)NCCCC[N+](C)(C)CCC(=O)[O-]. The van der Waals surface area contributed by atoms with Crippen molar-refractivity contribution in [1.82, 2.24) is 5.32 Å². The normalized spacial score (nSPS) is 11.1. The highest BCUT2D eigenvalue weighted by Crippen LogP contribution is 2.03. The maximum atomic E-state index is 11.2. The summed E-state index contributed by atoms with van der Waals surface area (Å²) in [6.07, 6.45) is 1.90. The topological polar surface area (TPSA) is 69.2 Å². The molecule has 104 valence electrons. The van der Waals surface area contributed by atoms with E-state index in [1.165, 1.54) is 0 Å².